The second-order valence-electron chi connectivity index (χ2n) is 6.44. The highest BCUT2D eigenvalue weighted by Gasteiger charge is 2.23. The van der Waals surface area contributed by atoms with Gasteiger partial charge in [-0.05, 0) is 18.4 Å². The standard InChI is InChI=1S/C18H25N5O/c1-13(17(19)14-8-4-2-5-9-14)18(24)20-12-16-22-21-15-10-6-3-7-11-23(15)16/h2,4-5,8-9,13,17H,3,6-7,10-12,19H2,1H3,(H,20,24). The van der Waals surface area contributed by atoms with E-state index in [0.717, 1.165) is 43.0 Å². The molecule has 6 nitrogen and oxygen atoms in total. The summed E-state index contributed by atoms with van der Waals surface area (Å²) in [5.74, 6) is 1.50. The molecule has 0 fully saturated rings. The number of nitrogens with zero attached hydrogens (tertiary/aromatic N) is 3. The van der Waals surface area contributed by atoms with Gasteiger partial charge in [-0.1, -0.05) is 43.7 Å². The lowest BCUT2D eigenvalue weighted by atomic mass is 9.95. The zero-order valence-corrected chi connectivity index (χ0v) is 14.1. The van der Waals surface area contributed by atoms with Crippen LogP contribution in [0.5, 0.6) is 0 Å². The van der Waals surface area contributed by atoms with E-state index in [2.05, 4.69) is 20.1 Å². The number of fused-ring (bicyclic) bond motifs is 1. The minimum Gasteiger partial charge on any atom is -0.349 e. The number of hydrogen-bond donors (Lipinski definition) is 2. The molecule has 3 rings (SSSR count). The number of amides is 1. The van der Waals surface area contributed by atoms with E-state index in [0.29, 0.717) is 6.54 Å². The van der Waals surface area contributed by atoms with E-state index in [1.165, 1.54) is 6.42 Å². The molecule has 1 aliphatic heterocycles. The quantitative estimate of drug-likeness (QED) is 0.879. The summed E-state index contributed by atoms with van der Waals surface area (Å²) in [6.07, 6.45) is 4.49. The smallest absolute Gasteiger partial charge is 0.225 e. The molecule has 128 valence electrons. The van der Waals surface area contributed by atoms with E-state index in [9.17, 15) is 4.79 Å². The first-order chi connectivity index (χ1) is 11.7. The fourth-order valence-electron chi connectivity index (χ4n) is 3.13. The maximum Gasteiger partial charge on any atom is 0.225 e. The summed E-state index contributed by atoms with van der Waals surface area (Å²) in [5.41, 5.74) is 7.19. The van der Waals surface area contributed by atoms with Crippen molar-refractivity contribution in [2.24, 2.45) is 11.7 Å². The van der Waals surface area contributed by atoms with Crippen LogP contribution >= 0.6 is 0 Å². The number of nitrogens with two attached hydrogens (primary N) is 1. The SMILES string of the molecule is CC(C(=O)NCc1nnc2n1CCCCC2)C(N)c1ccccc1. The van der Waals surface area contributed by atoms with Crippen molar-refractivity contribution in [3.8, 4) is 0 Å². The van der Waals surface area contributed by atoms with Crippen molar-refractivity contribution in [3.05, 3.63) is 47.5 Å². The Bertz CT molecular complexity index is 682. The normalized spacial score (nSPS) is 16.8. The van der Waals surface area contributed by atoms with Gasteiger partial charge in [-0.3, -0.25) is 4.79 Å². The third-order valence-corrected chi connectivity index (χ3v) is 4.74. The highest BCUT2D eigenvalue weighted by molar-refractivity contribution is 5.79. The Labute approximate surface area is 142 Å². The Morgan fingerprint density at radius 2 is 2.04 bits per heavy atom. The van der Waals surface area contributed by atoms with E-state index >= 15 is 0 Å². The van der Waals surface area contributed by atoms with Crippen LogP contribution in [0, 0.1) is 5.92 Å². The summed E-state index contributed by atoms with van der Waals surface area (Å²) in [6, 6.07) is 9.40. The molecule has 0 aliphatic carbocycles. The zero-order valence-electron chi connectivity index (χ0n) is 14.1. The summed E-state index contributed by atoms with van der Waals surface area (Å²) >= 11 is 0. The number of carbonyl (C=O) groups excluding carboxylic acids is 1. The number of rotatable bonds is 5. The average Bonchev–Trinajstić information content (AvgIpc) is 2.85. The molecule has 2 atom stereocenters. The van der Waals surface area contributed by atoms with Crippen LogP contribution in [0.1, 0.15) is 49.4 Å². The van der Waals surface area contributed by atoms with Crippen LogP contribution in [0.2, 0.25) is 0 Å². The van der Waals surface area contributed by atoms with Gasteiger partial charge in [0.25, 0.3) is 0 Å². The van der Waals surface area contributed by atoms with E-state index in [1.54, 1.807) is 0 Å². The van der Waals surface area contributed by atoms with Gasteiger partial charge in [0.2, 0.25) is 5.91 Å². The summed E-state index contributed by atoms with van der Waals surface area (Å²) in [5, 5.41) is 11.5. The summed E-state index contributed by atoms with van der Waals surface area (Å²) in [7, 11) is 0. The molecule has 6 heteroatoms. The van der Waals surface area contributed by atoms with Crippen molar-refractivity contribution in [1.29, 1.82) is 0 Å². The molecule has 1 aromatic carbocycles. The molecule has 0 spiro atoms. The van der Waals surface area contributed by atoms with Crippen LogP contribution in [0.4, 0.5) is 0 Å². The molecular weight excluding hydrogens is 302 g/mol. The fourth-order valence-corrected chi connectivity index (χ4v) is 3.13. The second-order valence-corrected chi connectivity index (χ2v) is 6.44. The molecule has 0 radical (unpaired) electrons. The molecule has 2 unspecified atom stereocenters. The van der Waals surface area contributed by atoms with Crippen molar-refractivity contribution < 1.29 is 4.79 Å². The van der Waals surface area contributed by atoms with Crippen molar-refractivity contribution in [2.45, 2.75) is 51.7 Å². The molecule has 1 amide bonds. The molecule has 3 N–H and O–H groups in total. The van der Waals surface area contributed by atoms with Crippen molar-refractivity contribution >= 4 is 5.91 Å². The molecule has 1 aromatic heterocycles. The fraction of sp³-hybridized carbons (Fsp3) is 0.500. The minimum atomic E-state index is -0.318. The van der Waals surface area contributed by atoms with Crippen LogP contribution < -0.4 is 11.1 Å². The number of nitrogens with one attached hydrogen (secondary N) is 1. The first kappa shape index (κ1) is 16.6. The van der Waals surface area contributed by atoms with Crippen molar-refractivity contribution in [1.82, 2.24) is 20.1 Å². The monoisotopic (exact) mass is 327 g/mol. The lowest BCUT2D eigenvalue weighted by Gasteiger charge is -2.19. The van der Waals surface area contributed by atoms with Gasteiger partial charge >= 0.3 is 0 Å². The molecule has 1 aliphatic rings. The van der Waals surface area contributed by atoms with Gasteiger partial charge in [-0.15, -0.1) is 10.2 Å². The number of aryl methyl sites for hydroxylation is 1. The van der Waals surface area contributed by atoms with Gasteiger partial charge < -0.3 is 15.6 Å². The predicted molar refractivity (Wildman–Crippen MR) is 92.0 cm³/mol. The van der Waals surface area contributed by atoms with Crippen LogP contribution in [0.15, 0.2) is 30.3 Å². The lowest BCUT2D eigenvalue weighted by molar-refractivity contribution is -0.125. The zero-order chi connectivity index (χ0) is 16.9. The Morgan fingerprint density at radius 1 is 1.25 bits per heavy atom. The summed E-state index contributed by atoms with van der Waals surface area (Å²) in [6.45, 7) is 3.20. The molecule has 2 heterocycles. The largest absolute Gasteiger partial charge is 0.349 e. The van der Waals surface area contributed by atoms with Crippen molar-refractivity contribution in [3.63, 3.8) is 0 Å². The summed E-state index contributed by atoms with van der Waals surface area (Å²) in [4.78, 5) is 12.4. The predicted octanol–water partition coefficient (Wildman–Crippen LogP) is 1.96. The molecule has 0 saturated carbocycles. The highest BCUT2D eigenvalue weighted by Crippen LogP contribution is 2.19. The van der Waals surface area contributed by atoms with Crippen LogP contribution in [-0.4, -0.2) is 20.7 Å². The number of hydrogen-bond acceptors (Lipinski definition) is 4. The number of aromatic nitrogens is 3. The lowest BCUT2D eigenvalue weighted by Crippen LogP contribution is -2.35. The Balaban J connectivity index is 1.60. The van der Waals surface area contributed by atoms with Gasteiger partial charge in [0.15, 0.2) is 5.82 Å². The maximum atomic E-state index is 12.4. The average molecular weight is 327 g/mol. The minimum absolute atomic E-state index is 0.0580. The Hall–Kier alpha value is -2.21. The van der Waals surface area contributed by atoms with Gasteiger partial charge in [0, 0.05) is 19.0 Å². The first-order valence-corrected chi connectivity index (χ1v) is 8.66. The molecule has 2 aromatic rings. The van der Waals surface area contributed by atoms with E-state index in [-0.39, 0.29) is 17.9 Å². The second kappa shape index (κ2) is 7.57. The number of benzene rings is 1. The van der Waals surface area contributed by atoms with Gasteiger partial charge in [0.1, 0.15) is 5.82 Å². The third-order valence-electron chi connectivity index (χ3n) is 4.74. The van der Waals surface area contributed by atoms with Crippen LogP contribution in [-0.2, 0) is 24.3 Å². The molecule has 0 bridgehead atoms. The van der Waals surface area contributed by atoms with E-state index in [4.69, 9.17) is 5.73 Å². The van der Waals surface area contributed by atoms with Gasteiger partial charge in [-0.2, -0.15) is 0 Å². The topological polar surface area (TPSA) is 85.8 Å². The molecule has 24 heavy (non-hydrogen) atoms. The van der Waals surface area contributed by atoms with Crippen molar-refractivity contribution in [2.75, 3.05) is 0 Å². The third kappa shape index (κ3) is 3.64. The van der Waals surface area contributed by atoms with E-state index in [1.807, 2.05) is 37.3 Å². The summed E-state index contributed by atoms with van der Waals surface area (Å²) < 4.78 is 2.15. The van der Waals surface area contributed by atoms with Gasteiger partial charge in [-0.25, -0.2) is 0 Å². The number of carbonyl (C=O) groups is 1. The highest BCUT2D eigenvalue weighted by atomic mass is 16.1. The maximum absolute atomic E-state index is 12.4. The molecule has 0 saturated heterocycles. The first-order valence-electron chi connectivity index (χ1n) is 8.66. The van der Waals surface area contributed by atoms with E-state index < -0.39 is 0 Å². The Morgan fingerprint density at radius 3 is 2.83 bits per heavy atom. The van der Waals surface area contributed by atoms with Gasteiger partial charge in [0.05, 0.1) is 12.5 Å². The van der Waals surface area contributed by atoms with Crippen LogP contribution in [0.3, 0.4) is 0 Å². The van der Waals surface area contributed by atoms with Crippen LogP contribution in [0.25, 0.3) is 0 Å². The molecular formula is C18H25N5O. The Kier molecular flexibility index (Phi) is 5.25.